The van der Waals surface area contributed by atoms with E-state index < -0.39 is 11.8 Å². The van der Waals surface area contributed by atoms with Crippen LogP contribution in [0.2, 0.25) is 0 Å². The molecule has 1 atom stereocenters. The van der Waals surface area contributed by atoms with Crippen LogP contribution in [0, 0.1) is 0 Å². The molecule has 2 N–H and O–H groups in total. The summed E-state index contributed by atoms with van der Waals surface area (Å²) in [7, 11) is 0. The lowest BCUT2D eigenvalue weighted by molar-refractivity contribution is -0.140. The molecule has 28 heavy (non-hydrogen) atoms. The highest BCUT2D eigenvalue weighted by Crippen LogP contribution is 2.30. The lowest BCUT2D eigenvalue weighted by Gasteiger charge is -2.31. The van der Waals surface area contributed by atoms with Crippen molar-refractivity contribution in [2.75, 3.05) is 32.8 Å². The van der Waals surface area contributed by atoms with Gasteiger partial charge < -0.3 is 29.7 Å². The first-order valence-electron chi connectivity index (χ1n) is 9.45. The van der Waals surface area contributed by atoms with Gasteiger partial charge in [0, 0.05) is 19.1 Å². The highest BCUT2D eigenvalue weighted by atomic mass is 16.6. The Bertz CT molecular complexity index is 717. The highest BCUT2D eigenvalue weighted by molar-refractivity contribution is 6.35. The van der Waals surface area contributed by atoms with Gasteiger partial charge in [-0.15, -0.1) is 0 Å². The van der Waals surface area contributed by atoms with E-state index in [-0.39, 0.29) is 24.8 Å². The van der Waals surface area contributed by atoms with Gasteiger partial charge in [-0.1, -0.05) is 12.1 Å². The van der Waals surface area contributed by atoms with Crippen molar-refractivity contribution in [2.24, 2.45) is 0 Å². The zero-order valence-corrected chi connectivity index (χ0v) is 15.8. The first-order chi connectivity index (χ1) is 13.6. The minimum absolute atomic E-state index is 0.148. The number of piperidine rings is 1. The van der Waals surface area contributed by atoms with E-state index in [1.807, 2.05) is 18.2 Å². The molecule has 2 aliphatic heterocycles. The van der Waals surface area contributed by atoms with E-state index in [1.54, 1.807) is 17.9 Å². The molecule has 152 valence electrons. The molecule has 1 aromatic carbocycles. The molecule has 1 unspecified atom stereocenters. The van der Waals surface area contributed by atoms with E-state index in [4.69, 9.17) is 14.2 Å². The Morgan fingerprint density at radius 2 is 1.86 bits per heavy atom. The van der Waals surface area contributed by atoms with Crippen molar-refractivity contribution in [3.05, 3.63) is 24.3 Å². The third kappa shape index (κ3) is 5.05. The molecule has 0 aliphatic carbocycles. The maximum Gasteiger partial charge on any atom is 0.409 e. The maximum absolute atomic E-state index is 12.1. The zero-order chi connectivity index (χ0) is 19.9. The molecule has 0 spiro atoms. The molecule has 1 fully saturated rings. The van der Waals surface area contributed by atoms with E-state index >= 15 is 0 Å². The summed E-state index contributed by atoms with van der Waals surface area (Å²) in [5.74, 6) is -0.121. The van der Waals surface area contributed by atoms with Crippen LogP contribution in [0.5, 0.6) is 11.5 Å². The van der Waals surface area contributed by atoms with Gasteiger partial charge in [-0.25, -0.2) is 4.79 Å². The molecule has 1 aromatic rings. The molecule has 0 saturated carbocycles. The van der Waals surface area contributed by atoms with E-state index in [1.165, 1.54) is 0 Å². The smallest absolute Gasteiger partial charge is 0.409 e. The van der Waals surface area contributed by atoms with Crippen LogP contribution in [0.1, 0.15) is 19.8 Å². The lowest BCUT2D eigenvalue weighted by Crippen LogP contribution is -2.51. The van der Waals surface area contributed by atoms with Gasteiger partial charge in [-0.2, -0.15) is 0 Å². The molecule has 2 aliphatic rings. The largest absolute Gasteiger partial charge is 0.486 e. The van der Waals surface area contributed by atoms with E-state index in [0.29, 0.717) is 50.6 Å². The normalized spacial score (nSPS) is 18.9. The van der Waals surface area contributed by atoms with Crippen molar-refractivity contribution >= 4 is 17.9 Å². The number of hydrogen-bond donors (Lipinski definition) is 2. The summed E-state index contributed by atoms with van der Waals surface area (Å²) in [6.45, 7) is 3.52. The molecule has 1 saturated heterocycles. The van der Waals surface area contributed by atoms with Crippen LogP contribution >= 0.6 is 0 Å². The lowest BCUT2D eigenvalue weighted by atomic mass is 10.1. The number of rotatable bonds is 4. The number of hydrogen-bond acceptors (Lipinski definition) is 6. The molecule has 0 aromatic heterocycles. The van der Waals surface area contributed by atoms with Gasteiger partial charge >= 0.3 is 17.9 Å². The summed E-state index contributed by atoms with van der Waals surface area (Å²) in [6, 6.07) is 7.14. The fraction of sp³-hybridized carbons (Fsp3) is 0.526. The van der Waals surface area contributed by atoms with E-state index in [2.05, 4.69) is 10.6 Å². The number of carbonyl (C=O) groups is 3. The van der Waals surface area contributed by atoms with Crippen LogP contribution in [0.25, 0.3) is 0 Å². The average Bonchev–Trinajstić information content (AvgIpc) is 2.72. The van der Waals surface area contributed by atoms with Crippen molar-refractivity contribution in [1.82, 2.24) is 15.5 Å². The highest BCUT2D eigenvalue weighted by Gasteiger charge is 2.27. The third-order valence-electron chi connectivity index (χ3n) is 4.62. The van der Waals surface area contributed by atoms with Gasteiger partial charge in [0.05, 0.1) is 13.2 Å². The van der Waals surface area contributed by atoms with Crippen molar-refractivity contribution in [3.63, 3.8) is 0 Å². The zero-order valence-electron chi connectivity index (χ0n) is 15.8. The number of ether oxygens (including phenoxy) is 3. The second kappa shape index (κ2) is 9.29. The molecule has 2 heterocycles. The van der Waals surface area contributed by atoms with E-state index in [0.717, 1.165) is 0 Å². The predicted molar refractivity (Wildman–Crippen MR) is 99.1 cm³/mol. The van der Waals surface area contributed by atoms with Crippen molar-refractivity contribution in [1.29, 1.82) is 0 Å². The second-order valence-electron chi connectivity index (χ2n) is 6.64. The van der Waals surface area contributed by atoms with Crippen LogP contribution < -0.4 is 20.1 Å². The monoisotopic (exact) mass is 391 g/mol. The van der Waals surface area contributed by atoms with Crippen molar-refractivity contribution < 1.29 is 28.6 Å². The van der Waals surface area contributed by atoms with Crippen molar-refractivity contribution in [2.45, 2.75) is 31.9 Å². The first-order valence-corrected chi connectivity index (χ1v) is 9.45. The number of nitrogens with one attached hydrogen (secondary N) is 2. The van der Waals surface area contributed by atoms with Gasteiger partial charge in [0.2, 0.25) is 0 Å². The Morgan fingerprint density at radius 1 is 1.14 bits per heavy atom. The number of carbonyl (C=O) groups excluding carboxylic acids is 3. The minimum atomic E-state index is -0.713. The number of amides is 3. The summed E-state index contributed by atoms with van der Waals surface area (Å²) in [4.78, 5) is 37.4. The number of benzene rings is 1. The Balaban J connectivity index is 1.37. The summed E-state index contributed by atoms with van der Waals surface area (Å²) < 4.78 is 16.3. The van der Waals surface area contributed by atoms with Crippen LogP contribution in [0.15, 0.2) is 24.3 Å². The Morgan fingerprint density at radius 3 is 2.57 bits per heavy atom. The number of nitrogens with zero attached hydrogens (tertiary/aromatic N) is 1. The number of fused-ring (bicyclic) bond motifs is 1. The summed E-state index contributed by atoms with van der Waals surface area (Å²) >= 11 is 0. The molecular weight excluding hydrogens is 366 g/mol. The molecule has 0 bridgehead atoms. The molecule has 9 nitrogen and oxygen atoms in total. The summed E-state index contributed by atoms with van der Waals surface area (Å²) in [5.41, 5.74) is 0. The van der Waals surface area contributed by atoms with Crippen molar-refractivity contribution in [3.8, 4) is 11.5 Å². The van der Waals surface area contributed by atoms with Crippen LogP contribution in [0.4, 0.5) is 4.79 Å². The second-order valence-corrected chi connectivity index (χ2v) is 6.64. The molecule has 3 amide bonds. The van der Waals surface area contributed by atoms with Gasteiger partial charge in [0.15, 0.2) is 11.5 Å². The van der Waals surface area contributed by atoms with Crippen LogP contribution in [0.3, 0.4) is 0 Å². The van der Waals surface area contributed by atoms with E-state index in [9.17, 15) is 14.4 Å². The number of para-hydroxylation sites is 2. The fourth-order valence-corrected chi connectivity index (χ4v) is 3.12. The molecular formula is C19H25N3O6. The van der Waals surface area contributed by atoms with Gasteiger partial charge in [-0.05, 0) is 31.9 Å². The van der Waals surface area contributed by atoms with Gasteiger partial charge in [-0.3, -0.25) is 9.59 Å². The summed E-state index contributed by atoms with van der Waals surface area (Å²) in [6.07, 6.45) is 0.448. The van der Waals surface area contributed by atoms with Gasteiger partial charge in [0.1, 0.15) is 12.7 Å². The maximum atomic E-state index is 12.1. The Hall–Kier alpha value is -2.97. The number of likely N-dealkylation sites (tertiary alicyclic amines) is 1. The molecule has 9 heteroatoms. The van der Waals surface area contributed by atoms with Crippen LogP contribution in [-0.4, -0.2) is 67.8 Å². The van der Waals surface area contributed by atoms with Crippen LogP contribution in [-0.2, 0) is 14.3 Å². The SMILES string of the molecule is CCOC(=O)N1CCC(NC(=O)C(=O)NCC2COc3ccccc3O2)CC1. The Labute approximate surface area is 163 Å². The predicted octanol–water partition coefficient (Wildman–Crippen LogP) is 0.680. The first kappa shape index (κ1) is 19.8. The van der Waals surface area contributed by atoms with Gasteiger partial charge in [0.25, 0.3) is 0 Å². The Kier molecular flexibility index (Phi) is 6.57. The fourth-order valence-electron chi connectivity index (χ4n) is 3.12. The topological polar surface area (TPSA) is 106 Å². The molecule has 3 rings (SSSR count). The third-order valence-corrected chi connectivity index (χ3v) is 4.62. The minimum Gasteiger partial charge on any atom is -0.486 e. The standard InChI is InChI=1S/C19H25N3O6/c1-2-26-19(25)22-9-7-13(8-10-22)21-18(24)17(23)20-11-14-12-27-15-5-3-4-6-16(15)28-14/h3-6,13-14H,2,7-12H2,1H3,(H,20,23)(H,21,24). The molecule has 0 radical (unpaired) electrons. The summed E-state index contributed by atoms with van der Waals surface area (Å²) in [5, 5.41) is 5.29. The average molecular weight is 391 g/mol. The quantitative estimate of drug-likeness (QED) is 0.731.